The molecule has 1 aliphatic rings. The molecule has 0 saturated carbocycles. The van der Waals surface area contributed by atoms with Crippen molar-refractivity contribution < 1.29 is 4.79 Å². The summed E-state index contributed by atoms with van der Waals surface area (Å²) in [5.74, 6) is 0.706. The number of carbonyl (C=O) groups excluding carboxylic acids is 1. The van der Waals surface area contributed by atoms with Crippen LogP contribution in [0.25, 0.3) is 0 Å². The smallest absolute Gasteiger partial charge is 0.238 e. The van der Waals surface area contributed by atoms with Gasteiger partial charge in [-0.1, -0.05) is 20.8 Å². The lowest BCUT2D eigenvalue weighted by Gasteiger charge is -2.36. The third kappa shape index (κ3) is 3.94. The highest BCUT2D eigenvalue weighted by Gasteiger charge is 2.33. The first kappa shape index (κ1) is 16.0. The highest BCUT2D eigenvalue weighted by atomic mass is 16.2. The van der Waals surface area contributed by atoms with Crippen LogP contribution in [0.1, 0.15) is 47.5 Å². The van der Waals surface area contributed by atoms with Crippen LogP contribution in [-0.2, 0) is 4.79 Å². The number of nitriles is 1. The van der Waals surface area contributed by atoms with Gasteiger partial charge in [0.15, 0.2) is 0 Å². The summed E-state index contributed by atoms with van der Waals surface area (Å²) >= 11 is 0. The minimum absolute atomic E-state index is 0.0353. The molecule has 0 radical (unpaired) electrons. The Morgan fingerprint density at radius 1 is 1.47 bits per heavy atom. The summed E-state index contributed by atoms with van der Waals surface area (Å²) in [6.07, 6.45) is 2.39. The molecule has 108 valence electrons. The van der Waals surface area contributed by atoms with Crippen molar-refractivity contribution in [2.75, 3.05) is 13.1 Å². The Labute approximate surface area is 117 Å². The standard InChI is InChI=1S/C15H27N3O/c1-11(2)15(5,10-16)17-14(19)13(4)18-8-6-7-12(3)9-18/h11-13H,6-9H2,1-5H3,(H,17,19)/t12-,13-,15+/m1/s1. The Hall–Kier alpha value is -1.08. The topological polar surface area (TPSA) is 56.1 Å². The van der Waals surface area contributed by atoms with E-state index >= 15 is 0 Å². The van der Waals surface area contributed by atoms with Crippen LogP contribution in [0, 0.1) is 23.2 Å². The van der Waals surface area contributed by atoms with Crippen LogP contribution in [-0.4, -0.2) is 35.5 Å². The summed E-state index contributed by atoms with van der Waals surface area (Å²) in [5, 5.41) is 12.2. The van der Waals surface area contributed by atoms with E-state index < -0.39 is 5.54 Å². The molecule has 4 heteroatoms. The fraction of sp³-hybridized carbons (Fsp3) is 0.867. The minimum atomic E-state index is -0.785. The van der Waals surface area contributed by atoms with E-state index in [9.17, 15) is 10.1 Å². The average molecular weight is 265 g/mol. The van der Waals surface area contributed by atoms with E-state index in [-0.39, 0.29) is 17.9 Å². The molecule has 1 amide bonds. The molecule has 19 heavy (non-hydrogen) atoms. The van der Waals surface area contributed by atoms with Crippen molar-refractivity contribution >= 4 is 5.91 Å². The van der Waals surface area contributed by atoms with Crippen LogP contribution in [0.4, 0.5) is 0 Å². The normalized spacial score (nSPS) is 25.4. The molecular weight excluding hydrogens is 238 g/mol. The first-order valence-corrected chi connectivity index (χ1v) is 7.27. The van der Waals surface area contributed by atoms with E-state index in [0.717, 1.165) is 19.5 Å². The van der Waals surface area contributed by atoms with Crippen LogP contribution < -0.4 is 5.32 Å². The molecule has 0 aromatic carbocycles. The van der Waals surface area contributed by atoms with Crippen molar-refractivity contribution in [3.8, 4) is 6.07 Å². The zero-order chi connectivity index (χ0) is 14.6. The van der Waals surface area contributed by atoms with Crippen LogP contribution in [0.2, 0.25) is 0 Å². The number of amides is 1. The lowest BCUT2D eigenvalue weighted by atomic mass is 9.89. The number of piperidine rings is 1. The van der Waals surface area contributed by atoms with Crippen LogP contribution in [0.5, 0.6) is 0 Å². The molecule has 1 heterocycles. The van der Waals surface area contributed by atoms with Gasteiger partial charge >= 0.3 is 0 Å². The number of nitrogens with zero attached hydrogens (tertiary/aromatic N) is 2. The summed E-state index contributed by atoms with van der Waals surface area (Å²) in [5.41, 5.74) is -0.785. The van der Waals surface area contributed by atoms with E-state index in [4.69, 9.17) is 0 Å². The van der Waals surface area contributed by atoms with Gasteiger partial charge in [-0.3, -0.25) is 9.69 Å². The van der Waals surface area contributed by atoms with E-state index in [1.807, 2.05) is 20.8 Å². The van der Waals surface area contributed by atoms with Crippen molar-refractivity contribution in [2.24, 2.45) is 11.8 Å². The highest BCUT2D eigenvalue weighted by molar-refractivity contribution is 5.82. The molecule has 0 spiro atoms. The summed E-state index contributed by atoms with van der Waals surface area (Å²) in [4.78, 5) is 14.5. The lowest BCUT2D eigenvalue weighted by molar-refractivity contribution is -0.128. The third-order valence-electron chi connectivity index (χ3n) is 4.39. The fourth-order valence-electron chi connectivity index (χ4n) is 2.41. The molecule has 4 nitrogen and oxygen atoms in total. The maximum absolute atomic E-state index is 12.3. The predicted molar refractivity (Wildman–Crippen MR) is 76.4 cm³/mol. The zero-order valence-electron chi connectivity index (χ0n) is 12.9. The summed E-state index contributed by atoms with van der Waals surface area (Å²) in [6, 6.07) is 2.07. The summed E-state index contributed by atoms with van der Waals surface area (Å²) in [7, 11) is 0. The molecule has 1 N–H and O–H groups in total. The Kier molecular flexibility index (Phi) is 5.37. The van der Waals surface area contributed by atoms with Gasteiger partial charge in [0.2, 0.25) is 5.91 Å². The molecular formula is C15H27N3O. The van der Waals surface area contributed by atoms with Crippen molar-refractivity contribution in [1.82, 2.24) is 10.2 Å². The average Bonchev–Trinajstić information content (AvgIpc) is 2.37. The molecule has 1 fully saturated rings. The maximum Gasteiger partial charge on any atom is 0.238 e. The number of likely N-dealkylation sites (tertiary alicyclic amines) is 1. The van der Waals surface area contributed by atoms with Gasteiger partial charge in [-0.05, 0) is 45.1 Å². The fourth-order valence-corrected chi connectivity index (χ4v) is 2.41. The number of hydrogen-bond acceptors (Lipinski definition) is 3. The Balaban J connectivity index is 2.65. The van der Waals surface area contributed by atoms with Crippen LogP contribution >= 0.6 is 0 Å². The van der Waals surface area contributed by atoms with E-state index in [0.29, 0.717) is 5.92 Å². The Morgan fingerprint density at radius 3 is 2.58 bits per heavy atom. The van der Waals surface area contributed by atoms with Gasteiger partial charge in [-0.2, -0.15) is 5.26 Å². The van der Waals surface area contributed by atoms with Gasteiger partial charge in [0, 0.05) is 6.54 Å². The molecule has 3 atom stereocenters. The van der Waals surface area contributed by atoms with Gasteiger partial charge in [0.05, 0.1) is 12.1 Å². The molecule has 1 rings (SSSR count). The quantitative estimate of drug-likeness (QED) is 0.847. The van der Waals surface area contributed by atoms with Gasteiger partial charge in [0.1, 0.15) is 5.54 Å². The third-order valence-corrected chi connectivity index (χ3v) is 4.39. The molecule has 0 aromatic rings. The van der Waals surface area contributed by atoms with E-state index in [2.05, 4.69) is 23.2 Å². The second-order valence-electron chi connectivity index (χ2n) is 6.38. The van der Waals surface area contributed by atoms with Crippen molar-refractivity contribution in [2.45, 2.75) is 59.0 Å². The number of hydrogen-bond donors (Lipinski definition) is 1. The lowest BCUT2D eigenvalue weighted by Crippen LogP contribution is -2.56. The van der Waals surface area contributed by atoms with E-state index in [1.54, 1.807) is 6.92 Å². The predicted octanol–water partition coefficient (Wildman–Crippen LogP) is 2.16. The monoisotopic (exact) mass is 265 g/mol. The Morgan fingerprint density at radius 2 is 2.11 bits per heavy atom. The summed E-state index contributed by atoms with van der Waals surface area (Å²) in [6.45, 7) is 11.8. The minimum Gasteiger partial charge on any atom is -0.336 e. The highest BCUT2D eigenvalue weighted by Crippen LogP contribution is 2.19. The van der Waals surface area contributed by atoms with Gasteiger partial charge in [-0.25, -0.2) is 0 Å². The number of rotatable bonds is 4. The van der Waals surface area contributed by atoms with Gasteiger partial charge < -0.3 is 5.32 Å². The summed E-state index contributed by atoms with van der Waals surface area (Å²) < 4.78 is 0. The van der Waals surface area contributed by atoms with Crippen LogP contribution in [0.3, 0.4) is 0 Å². The first-order chi connectivity index (χ1) is 8.80. The van der Waals surface area contributed by atoms with Crippen molar-refractivity contribution in [1.29, 1.82) is 5.26 Å². The SMILES string of the molecule is CC(C)[C@](C)(C#N)NC(=O)[C@@H](C)N1CCC[C@@H](C)C1. The molecule has 0 bridgehead atoms. The van der Waals surface area contributed by atoms with Crippen molar-refractivity contribution in [3.63, 3.8) is 0 Å². The molecule has 0 aliphatic carbocycles. The van der Waals surface area contributed by atoms with E-state index in [1.165, 1.54) is 6.42 Å². The first-order valence-electron chi connectivity index (χ1n) is 7.27. The second-order valence-corrected chi connectivity index (χ2v) is 6.38. The second kappa shape index (κ2) is 6.38. The molecule has 0 aromatic heterocycles. The zero-order valence-corrected chi connectivity index (χ0v) is 12.9. The largest absolute Gasteiger partial charge is 0.336 e. The number of nitrogens with one attached hydrogen (secondary N) is 1. The van der Waals surface area contributed by atoms with Crippen LogP contribution in [0.15, 0.2) is 0 Å². The Bertz CT molecular complexity index is 361. The van der Waals surface area contributed by atoms with Crippen molar-refractivity contribution in [3.05, 3.63) is 0 Å². The molecule has 1 saturated heterocycles. The maximum atomic E-state index is 12.3. The van der Waals surface area contributed by atoms with Gasteiger partial charge in [0.25, 0.3) is 0 Å². The molecule has 1 aliphatic heterocycles. The number of carbonyl (C=O) groups is 1. The molecule has 0 unspecified atom stereocenters. The van der Waals surface area contributed by atoms with Gasteiger partial charge in [-0.15, -0.1) is 0 Å².